The molecule has 0 spiro atoms. The first-order valence-corrected chi connectivity index (χ1v) is 10.6. The molecular weight excluding hydrogens is 390 g/mol. The molecule has 0 aliphatic heterocycles. The highest BCUT2D eigenvalue weighted by Crippen LogP contribution is 2.37. The Labute approximate surface area is 193 Å². The van der Waals surface area contributed by atoms with Crippen LogP contribution in [0.2, 0.25) is 0 Å². The lowest BCUT2D eigenvalue weighted by Crippen LogP contribution is -2.68. The Morgan fingerprint density at radius 1 is 0.625 bits per heavy atom. The van der Waals surface area contributed by atoms with E-state index in [1.165, 1.54) is 44.8 Å². The molecule has 0 unspecified atom stereocenters. The molecule has 3 heteroatoms. The molecule has 4 rings (SSSR count). The van der Waals surface area contributed by atoms with Crippen molar-refractivity contribution in [1.82, 2.24) is 0 Å². The fourth-order valence-corrected chi connectivity index (χ4v) is 4.07. The highest BCUT2D eigenvalue weighted by molar-refractivity contribution is 6.17. The molecule has 0 saturated heterocycles. The van der Waals surface area contributed by atoms with Crippen molar-refractivity contribution in [1.29, 1.82) is 0 Å². The quantitative estimate of drug-likeness (QED) is 0.666. The van der Waals surface area contributed by atoms with Gasteiger partial charge in [-0.1, -0.05) is 49.9 Å². The first kappa shape index (κ1) is 23.1. The minimum absolute atomic E-state index is 0. The molecular formula is C29H34N3+. The average Bonchev–Trinajstić information content (AvgIpc) is 2.80. The minimum Gasteiger partial charge on any atom is -0.378 e. The Morgan fingerprint density at radius 3 is 1.53 bits per heavy atom. The monoisotopic (exact) mass is 424 g/mol. The van der Waals surface area contributed by atoms with Crippen LogP contribution in [0.1, 0.15) is 29.7 Å². The Kier molecular flexibility index (Phi) is 6.99. The molecule has 1 N–H and O–H groups in total. The maximum Gasteiger partial charge on any atom is 0.205 e. The van der Waals surface area contributed by atoms with Crippen molar-refractivity contribution >= 4 is 28.2 Å². The second kappa shape index (κ2) is 9.69. The summed E-state index contributed by atoms with van der Waals surface area (Å²) in [4.78, 5) is 7.60. The van der Waals surface area contributed by atoms with Crippen LogP contribution in [-0.4, -0.2) is 41.0 Å². The van der Waals surface area contributed by atoms with E-state index < -0.39 is 0 Å². The number of nitrogens with zero attached hydrogens (tertiary/aromatic N) is 2. The Morgan fingerprint density at radius 2 is 1.09 bits per heavy atom. The Bertz CT molecular complexity index is 1110. The van der Waals surface area contributed by atoms with Gasteiger partial charge in [0.05, 0.1) is 5.56 Å². The van der Waals surface area contributed by atoms with E-state index in [1.807, 2.05) is 7.05 Å². The van der Waals surface area contributed by atoms with Gasteiger partial charge in [0.15, 0.2) is 0 Å². The molecule has 0 aromatic heterocycles. The van der Waals surface area contributed by atoms with Crippen LogP contribution in [-0.2, 0) is 0 Å². The summed E-state index contributed by atoms with van der Waals surface area (Å²) in [5.41, 5.74) is 10.9. The number of hydrogen-bond acceptors (Lipinski definition) is 2. The van der Waals surface area contributed by atoms with Gasteiger partial charge in [0, 0.05) is 45.6 Å². The summed E-state index contributed by atoms with van der Waals surface area (Å²) in [5, 5.41) is 0. The molecule has 1 aliphatic carbocycles. The fraction of sp³-hybridized carbons (Fsp3) is 0.207. The molecule has 0 atom stereocenters. The predicted octanol–water partition coefficient (Wildman–Crippen LogP) is 4.48. The molecule has 3 aromatic rings. The zero-order valence-electron chi connectivity index (χ0n) is 19.0. The summed E-state index contributed by atoms with van der Waals surface area (Å²) in [6.07, 6.45) is 4.42. The van der Waals surface area contributed by atoms with Crippen molar-refractivity contribution in [3.63, 3.8) is 0 Å². The van der Waals surface area contributed by atoms with Gasteiger partial charge in [0.25, 0.3) is 0 Å². The molecule has 0 fully saturated rings. The van der Waals surface area contributed by atoms with Crippen molar-refractivity contribution in [3.8, 4) is 0 Å². The number of benzene rings is 3. The Balaban J connectivity index is 0.00000289. The number of allylic oxidation sites excluding steroid dienone is 3. The summed E-state index contributed by atoms with van der Waals surface area (Å²) in [7, 11) is 10.3. The average molecular weight is 425 g/mol. The molecule has 1 aliphatic rings. The SMILES string of the molecule is C.C[NH+]=C1C=CC(=C(c2ccc(N(C)C)cc2)c2ccc(N(C)C)cc2)c2ccccc21. The molecule has 164 valence electrons. The molecule has 3 nitrogen and oxygen atoms in total. The maximum absolute atomic E-state index is 3.34. The van der Waals surface area contributed by atoms with Gasteiger partial charge in [0.1, 0.15) is 7.05 Å². The third-order valence-corrected chi connectivity index (χ3v) is 5.81. The zero-order chi connectivity index (χ0) is 22.0. The summed E-state index contributed by atoms with van der Waals surface area (Å²) >= 11 is 0. The van der Waals surface area contributed by atoms with Gasteiger partial charge in [0.2, 0.25) is 5.71 Å². The molecule has 0 heterocycles. The lowest BCUT2D eigenvalue weighted by Gasteiger charge is -2.21. The van der Waals surface area contributed by atoms with Crippen LogP contribution in [0.4, 0.5) is 11.4 Å². The summed E-state index contributed by atoms with van der Waals surface area (Å²) < 4.78 is 0. The lowest BCUT2D eigenvalue weighted by molar-refractivity contribution is -0.418. The minimum atomic E-state index is 0. The van der Waals surface area contributed by atoms with Crippen molar-refractivity contribution in [2.45, 2.75) is 7.43 Å². The smallest absolute Gasteiger partial charge is 0.205 e. The molecule has 3 aromatic carbocycles. The van der Waals surface area contributed by atoms with Crippen molar-refractivity contribution in [2.75, 3.05) is 45.0 Å². The maximum atomic E-state index is 3.34. The van der Waals surface area contributed by atoms with Crippen LogP contribution in [0.5, 0.6) is 0 Å². The van der Waals surface area contributed by atoms with Crippen LogP contribution >= 0.6 is 0 Å². The molecule has 0 amide bonds. The van der Waals surface area contributed by atoms with E-state index >= 15 is 0 Å². The zero-order valence-corrected chi connectivity index (χ0v) is 19.0. The summed E-state index contributed by atoms with van der Waals surface area (Å²) in [5.74, 6) is 0. The number of anilines is 2. The molecule has 0 radical (unpaired) electrons. The lowest BCUT2D eigenvalue weighted by atomic mass is 9.83. The standard InChI is InChI=1S/C28H29N3.CH4/c1-29-27-19-18-26(24-8-6-7-9-25(24)27)28(20-10-14-22(15-11-20)30(2)3)21-12-16-23(17-13-21)31(4)5;/h6-19H,1-5H3;1H4/p+1. The number of fused-ring (bicyclic) bond motifs is 1. The van der Waals surface area contributed by atoms with E-state index in [0.717, 1.165) is 5.71 Å². The van der Waals surface area contributed by atoms with E-state index in [-0.39, 0.29) is 7.43 Å². The van der Waals surface area contributed by atoms with Gasteiger partial charge in [-0.05, 0) is 64.2 Å². The van der Waals surface area contributed by atoms with Crippen LogP contribution in [0.3, 0.4) is 0 Å². The first-order valence-electron chi connectivity index (χ1n) is 10.6. The molecule has 0 bridgehead atoms. The van der Waals surface area contributed by atoms with Crippen molar-refractivity contribution < 1.29 is 4.99 Å². The second-order valence-electron chi connectivity index (χ2n) is 8.21. The van der Waals surface area contributed by atoms with Crippen molar-refractivity contribution in [2.24, 2.45) is 0 Å². The van der Waals surface area contributed by atoms with Crippen LogP contribution in [0, 0.1) is 0 Å². The van der Waals surface area contributed by atoms with Gasteiger partial charge < -0.3 is 9.80 Å². The van der Waals surface area contributed by atoms with Gasteiger partial charge in [-0.15, -0.1) is 0 Å². The predicted molar refractivity (Wildman–Crippen MR) is 141 cm³/mol. The normalized spacial score (nSPS) is 13.4. The second-order valence-corrected chi connectivity index (χ2v) is 8.21. The number of hydrogen-bond donors (Lipinski definition) is 1. The summed E-state index contributed by atoms with van der Waals surface area (Å²) in [6, 6.07) is 26.3. The van der Waals surface area contributed by atoms with Gasteiger partial charge >= 0.3 is 0 Å². The first-order chi connectivity index (χ1) is 15.0. The number of nitrogens with one attached hydrogen (secondary N) is 1. The number of rotatable bonds is 4. The van der Waals surface area contributed by atoms with Crippen LogP contribution in [0.25, 0.3) is 11.1 Å². The topological polar surface area (TPSA) is 20.5 Å². The van der Waals surface area contributed by atoms with Gasteiger partial charge in [-0.2, -0.15) is 0 Å². The Hall–Kier alpha value is -3.59. The van der Waals surface area contributed by atoms with Crippen molar-refractivity contribution in [3.05, 3.63) is 107 Å². The van der Waals surface area contributed by atoms with E-state index in [9.17, 15) is 0 Å². The van der Waals surface area contributed by atoms with E-state index in [4.69, 9.17) is 0 Å². The summed E-state index contributed by atoms with van der Waals surface area (Å²) in [6.45, 7) is 0. The third-order valence-electron chi connectivity index (χ3n) is 5.81. The van der Waals surface area contributed by atoms with E-state index in [1.54, 1.807) is 0 Å². The van der Waals surface area contributed by atoms with E-state index in [0.29, 0.717) is 0 Å². The van der Waals surface area contributed by atoms with Gasteiger partial charge in [-0.3, -0.25) is 0 Å². The van der Waals surface area contributed by atoms with E-state index in [2.05, 4.69) is 128 Å². The highest BCUT2D eigenvalue weighted by atomic mass is 15.1. The molecule has 32 heavy (non-hydrogen) atoms. The van der Waals surface area contributed by atoms with Gasteiger partial charge in [-0.25, -0.2) is 4.99 Å². The molecule has 0 saturated carbocycles. The van der Waals surface area contributed by atoms with Crippen LogP contribution < -0.4 is 14.8 Å². The fourth-order valence-electron chi connectivity index (χ4n) is 4.07. The highest BCUT2D eigenvalue weighted by Gasteiger charge is 2.22. The third kappa shape index (κ3) is 4.38. The van der Waals surface area contributed by atoms with Crippen LogP contribution in [0.15, 0.2) is 84.9 Å². The largest absolute Gasteiger partial charge is 0.378 e.